The van der Waals surface area contributed by atoms with Gasteiger partial charge in [0.2, 0.25) is 11.6 Å². The highest BCUT2D eigenvalue weighted by molar-refractivity contribution is 5.57. The average Bonchev–Trinajstić information content (AvgIpc) is 3.66. The van der Waals surface area contributed by atoms with Gasteiger partial charge in [-0.2, -0.15) is 20.6 Å². The summed E-state index contributed by atoms with van der Waals surface area (Å²) in [6, 6.07) is 10.4. The topological polar surface area (TPSA) is 155 Å². The van der Waals surface area contributed by atoms with Crippen LogP contribution >= 0.6 is 0 Å². The number of aromatic amines is 3. The molecule has 166 valence electrons. The molecule has 0 atom stereocenters. The van der Waals surface area contributed by atoms with Crippen LogP contribution in [0.1, 0.15) is 40.9 Å². The van der Waals surface area contributed by atoms with Gasteiger partial charge in [0, 0.05) is 22.5 Å². The van der Waals surface area contributed by atoms with E-state index in [2.05, 4.69) is 80.4 Å². The normalized spacial score (nSPS) is 14.1. The van der Waals surface area contributed by atoms with E-state index < -0.39 is 0 Å². The number of tetrazole rings is 2. The first-order valence-corrected chi connectivity index (χ1v) is 11.0. The Labute approximate surface area is 188 Å². The lowest BCUT2D eigenvalue weighted by Crippen LogP contribution is -2.05. The fourth-order valence-electron chi connectivity index (χ4n) is 4.60. The van der Waals surface area contributed by atoms with E-state index in [0.29, 0.717) is 11.6 Å². The van der Waals surface area contributed by atoms with E-state index in [0.717, 1.165) is 43.6 Å². The third-order valence-electron chi connectivity index (χ3n) is 6.10. The second-order valence-electron chi connectivity index (χ2n) is 8.12. The SMILES string of the molecule is C1Cc2[nH]nc(-c3nn[nH]n3)c2C1.c1ccc(Cn2nc(-c3nn[nH]n3)c3c2CCC3)cc1. The van der Waals surface area contributed by atoms with Gasteiger partial charge in [-0.3, -0.25) is 9.78 Å². The van der Waals surface area contributed by atoms with Crippen molar-refractivity contribution >= 4 is 0 Å². The summed E-state index contributed by atoms with van der Waals surface area (Å²) in [5, 5.41) is 39.9. The van der Waals surface area contributed by atoms with E-state index >= 15 is 0 Å². The summed E-state index contributed by atoms with van der Waals surface area (Å²) in [6.07, 6.45) is 6.64. The molecule has 2 aliphatic carbocycles. The van der Waals surface area contributed by atoms with Gasteiger partial charge < -0.3 is 0 Å². The van der Waals surface area contributed by atoms with Crippen LogP contribution in [0.3, 0.4) is 0 Å². The van der Waals surface area contributed by atoms with Crippen molar-refractivity contribution in [3.63, 3.8) is 0 Å². The fraction of sp³-hybridized carbons (Fsp3) is 0.333. The van der Waals surface area contributed by atoms with Crippen LogP contribution in [0, 0.1) is 0 Å². The highest BCUT2D eigenvalue weighted by Crippen LogP contribution is 2.30. The number of rotatable bonds is 4. The molecule has 2 aliphatic rings. The van der Waals surface area contributed by atoms with Crippen LogP contribution < -0.4 is 0 Å². The number of H-pyrrole nitrogens is 3. The molecule has 4 aromatic heterocycles. The number of hydrogen-bond acceptors (Lipinski definition) is 8. The fourth-order valence-corrected chi connectivity index (χ4v) is 4.60. The summed E-state index contributed by atoms with van der Waals surface area (Å²) in [5.41, 5.74) is 8.05. The van der Waals surface area contributed by atoms with Crippen LogP contribution in [0.5, 0.6) is 0 Å². The predicted octanol–water partition coefficient (Wildman–Crippen LogP) is 1.68. The maximum atomic E-state index is 4.70. The zero-order valence-electron chi connectivity index (χ0n) is 17.9. The molecular weight excluding hydrogens is 420 g/mol. The lowest BCUT2D eigenvalue weighted by Gasteiger charge is -2.05. The van der Waals surface area contributed by atoms with E-state index in [-0.39, 0.29) is 0 Å². The van der Waals surface area contributed by atoms with Crippen LogP contribution in [0.15, 0.2) is 30.3 Å². The Morgan fingerprint density at radius 3 is 2.24 bits per heavy atom. The monoisotopic (exact) mass is 442 g/mol. The minimum Gasteiger partial charge on any atom is -0.282 e. The molecule has 0 saturated heterocycles. The van der Waals surface area contributed by atoms with Crippen LogP contribution in [0.25, 0.3) is 23.0 Å². The number of hydrogen-bond donors (Lipinski definition) is 3. The molecule has 7 rings (SSSR count). The largest absolute Gasteiger partial charge is 0.282 e. The molecule has 12 nitrogen and oxygen atoms in total. The standard InChI is InChI=1S/C14H14N6.C7H8N6/c1-2-5-10(6-3-1)9-20-12-8-4-7-11(12)13(17-20)14-15-18-19-16-14;1-2-4-5(3-1)8-9-6(4)7-10-12-13-11-7/h1-3,5-6H,4,7-9H2,(H,15,16,18,19);1-3H2,(H,8,9)(H,10,11,12,13). The number of aromatic nitrogens is 12. The van der Waals surface area contributed by atoms with Crippen molar-refractivity contribution in [2.45, 2.75) is 45.1 Å². The quantitative estimate of drug-likeness (QED) is 0.380. The molecule has 0 saturated carbocycles. The lowest BCUT2D eigenvalue weighted by molar-refractivity contribution is 0.645. The van der Waals surface area contributed by atoms with Crippen LogP contribution in [-0.2, 0) is 32.2 Å². The Kier molecular flexibility index (Phi) is 4.94. The smallest absolute Gasteiger partial charge is 0.225 e. The number of aryl methyl sites for hydroxylation is 1. The third kappa shape index (κ3) is 3.69. The van der Waals surface area contributed by atoms with Crippen molar-refractivity contribution < 1.29 is 0 Å². The summed E-state index contributed by atoms with van der Waals surface area (Å²) in [4.78, 5) is 0. The Morgan fingerprint density at radius 2 is 1.48 bits per heavy atom. The van der Waals surface area contributed by atoms with Crippen molar-refractivity contribution in [2.24, 2.45) is 0 Å². The molecule has 0 fully saturated rings. The molecule has 0 radical (unpaired) electrons. The van der Waals surface area contributed by atoms with E-state index in [9.17, 15) is 0 Å². The summed E-state index contributed by atoms with van der Waals surface area (Å²) in [6.45, 7) is 0.793. The highest BCUT2D eigenvalue weighted by Gasteiger charge is 2.25. The lowest BCUT2D eigenvalue weighted by atomic mass is 10.2. The summed E-state index contributed by atoms with van der Waals surface area (Å²) < 4.78 is 2.09. The van der Waals surface area contributed by atoms with Crippen LogP contribution in [-0.4, -0.2) is 61.2 Å². The Bertz CT molecular complexity index is 1330. The van der Waals surface area contributed by atoms with Crippen molar-refractivity contribution in [1.29, 1.82) is 0 Å². The second kappa shape index (κ2) is 8.37. The van der Waals surface area contributed by atoms with Crippen molar-refractivity contribution in [2.75, 3.05) is 0 Å². The first-order valence-electron chi connectivity index (χ1n) is 11.0. The molecular formula is C21H22N12. The van der Waals surface area contributed by atoms with Gasteiger partial charge in [0.1, 0.15) is 11.4 Å². The molecule has 12 heteroatoms. The van der Waals surface area contributed by atoms with Gasteiger partial charge in [-0.1, -0.05) is 30.3 Å². The van der Waals surface area contributed by atoms with Gasteiger partial charge in [0.25, 0.3) is 0 Å². The Morgan fingerprint density at radius 1 is 0.758 bits per heavy atom. The third-order valence-corrected chi connectivity index (χ3v) is 6.10. The van der Waals surface area contributed by atoms with Crippen molar-refractivity contribution in [1.82, 2.24) is 61.2 Å². The number of benzene rings is 1. The van der Waals surface area contributed by atoms with Gasteiger partial charge >= 0.3 is 0 Å². The Balaban J connectivity index is 0.000000137. The molecule has 0 bridgehead atoms. The summed E-state index contributed by atoms with van der Waals surface area (Å²) in [5.74, 6) is 1.18. The van der Waals surface area contributed by atoms with Crippen molar-refractivity contribution in [3.8, 4) is 23.0 Å². The van der Waals surface area contributed by atoms with Gasteiger partial charge in [0.05, 0.1) is 6.54 Å². The molecule has 0 spiro atoms. The zero-order valence-corrected chi connectivity index (χ0v) is 17.9. The maximum absolute atomic E-state index is 4.70. The van der Waals surface area contributed by atoms with Gasteiger partial charge in [-0.15, -0.1) is 20.4 Å². The molecule has 1 aromatic carbocycles. The first kappa shape index (κ1) is 19.5. The van der Waals surface area contributed by atoms with E-state index in [1.165, 1.54) is 40.9 Å². The molecule has 33 heavy (non-hydrogen) atoms. The van der Waals surface area contributed by atoms with Gasteiger partial charge in [-0.05, 0) is 54.5 Å². The summed E-state index contributed by atoms with van der Waals surface area (Å²) in [7, 11) is 0. The minimum absolute atomic E-state index is 0.583. The van der Waals surface area contributed by atoms with E-state index in [1.807, 2.05) is 6.07 Å². The van der Waals surface area contributed by atoms with Crippen LogP contribution in [0.2, 0.25) is 0 Å². The molecule has 0 aliphatic heterocycles. The zero-order chi connectivity index (χ0) is 22.0. The predicted molar refractivity (Wildman–Crippen MR) is 117 cm³/mol. The van der Waals surface area contributed by atoms with E-state index in [1.54, 1.807) is 0 Å². The molecule has 0 unspecified atom stereocenters. The molecule has 5 aromatic rings. The van der Waals surface area contributed by atoms with Crippen LogP contribution in [0.4, 0.5) is 0 Å². The van der Waals surface area contributed by atoms with Crippen molar-refractivity contribution in [3.05, 3.63) is 58.4 Å². The van der Waals surface area contributed by atoms with Gasteiger partial charge in [0.15, 0.2) is 0 Å². The van der Waals surface area contributed by atoms with E-state index in [4.69, 9.17) is 5.10 Å². The maximum Gasteiger partial charge on any atom is 0.225 e. The highest BCUT2D eigenvalue weighted by atomic mass is 15.5. The molecule has 0 amide bonds. The number of nitrogens with one attached hydrogen (secondary N) is 3. The summed E-state index contributed by atoms with van der Waals surface area (Å²) >= 11 is 0. The first-order chi connectivity index (χ1) is 16.4. The molecule has 3 N–H and O–H groups in total. The molecule has 4 heterocycles. The van der Waals surface area contributed by atoms with Gasteiger partial charge in [-0.25, -0.2) is 0 Å². The number of nitrogens with zero attached hydrogens (tertiary/aromatic N) is 9. The Hall–Kier alpha value is -4.22. The second-order valence-corrected chi connectivity index (χ2v) is 8.12. The number of fused-ring (bicyclic) bond motifs is 2. The average molecular weight is 442 g/mol. The minimum atomic E-state index is 0.583.